The van der Waals surface area contributed by atoms with Crippen molar-refractivity contribution < 1.29 is 19.0 Å². The molecule has 1 aromatic carbocycles. The fourth-order valence-electron chi connectivity index (χ4n) is 2.77. The van der Waals surface area contributed by atoms with Crippen LogP contribution in [0.15, 0.2) is 36.7 Å². The molecular formula is C18H19N5O4. The van der Waals surface area contributed by atoms with Crippen LogP contribution in [0.4, 0.5) is 0 Å². The van der Waals surface area contributed by atoms with E-state index < -0.39 is 0 Å². The monoisotopic (exact) mass is 369 g/mol. The van der Waals surface area contributed by atoms with Gasteiger partial charge in [0.15, 0.2) is 17.2 Å². The van der Waals surface area contributed by atoms with Crippen LogP contribution in [0.5, 0.6) is 17.2 Å². The summed E-state index contributed by atoms with van der Waals surface area (Å²) in [5, 5.41) is 11.0. The van der Waals surface area contributed by atoms with Gasteiger partial charge in [0, 0.05) is 38.5 Å². The van der Waals surface area contributed by atoms with Crippen molar-refractivity contribution in [3.63, 3.8) is 0 Å². The Labute approximate surface area is 155 Å². The van der Waals surface area contributed by atoms with Crippen LogP contribution >= 0.6 is 0 Å². The highest BCUT2D eigenvalue weighted by atomic mass is 16.7. The van der Waals surface area contributed by atoms with Crippen LogP contribution < -0.4 is 14.2 Å². The summed E-state index contributed by atoms with van der Waals surface area (Å²) >= 11 is 0. The molecule has 0 saturated heterocycles. The summed E-state index contributed by atoms with van der Waals surface area (Å²) in [6, 6.07) is 7.06. The molecule has 0 saturated carbocycles. The van der Waals surface area contributed by atoms with Gasteiger partial charge in [-0.25, -0.2) is 0 Å². The largest absolute Gasteiger partial charge is 0.487 e. The number of benzene rings is 1. The van der Waals surface area contributed by atoms with E-state index in [2.05, 4.69) is 15.3 Å². The third kappa shape index (κ3) is 3.71. The number of aromatic nitrogens is 4. The summed E-state index contributed by atoms with van der Waals surface area (Å²) in [5.74, 6) is 1.83. The van der Waals surface area contributed by atoms with Gasteiger partial charge in [-0.05, 0) is 18.2 Å². The maximum Gasteiger partial charge on any atom is 0.274 e. The van der Waals surface area contributed by atoms with Crippen molar-refractivity contribution in [1.82, 2.24) is 24.9 Å². The van der Waals surface area contributed by atoms with Gasteiger partial charge in [0.2, 0.25) is 6.79 Å². The number of fused-ring (bicyclic) bond motifs is 1. The fourth-order valence-corrected chi connectivity index (χ4v) is 2.77. The van der Waals surface area contributed by atoms with E-state index in [1.54, 1.807) is 47.1 Å². The molecule has 1 aliphatic heterocycles. The SMILES string of the molecule is CN(Cc1cnn(C)c1)C(=O)c1cc(COc2ccc3c(c2)OCO3)[nH]n1. The van der Waals surface area contributed by atoms with Gasteiger partial charge in [-0.2, -0.15) is 10.2 Å². The second kappa shape index (κ2) is 7.02. The second-order valence-electron chi connectivity index (χ2n) is 6.27. The molecule has 9 heteroatoms. The quantitative estimate of drug-likeness (QED) is 0.711. The highest BCUT2D eigenvalue weighted by Gasteiger charge is 2.17. The summed E-state index contributed by atoms with van der Waals surface area (Å²) in [4.78, 5) is 14.1. The molecule has 0 aliphatic carbocycles. The minimum Gasteiger partial charge on any atom is -0.487 e. The number of hydrogen-bond donors (Lipinski definition) is 1. The van der Waals surface area contributed by atoms with Gasteiger partial charge in [-0.3, -0.25) is 14.6 Å². The first kappa shape index (κ1) is 17.0. The molecule has 0 atom stereocenters. The van der Waals surface area contributed by atoms with Gasteiger partial charge in [0.25, 0.3) is 5.91 Å². The molecule has 1 aliphatic rings. The van der Waals surface area contributed by atoms with E-state index in [9.17, 15) is 4.79 Å². The first-order chi connectivity index (χ1) is 13.1. The van der Waals surface area contributed by atoms with E-state index >= 15 is 0 Å². The molecule has 1 N–H and O–H groups in total. The number of aromatic amines is 1. The van der Waals surface area contributed by atoms with Crippen molar-refractivity contribution in [3.05, 3.63) is 53.6 Å². The maximum absolute atomic E-state index is 12.5. The summed E-state index contributed by atoms with van der Waals surface area (Å²) in [7, 11) is 3.57. The molecule has 3 aromatic rings. The van der Waals surface area contributed by atoms with Crippen LogP contribution in [-0.4, -0.2) is 44.6 Å². The van der Waals surface area contributed by atoms with E-state index in [0.29, 0.717) is 35.2 Å². The van der Waals surface area contributed by atoms with E-state index in [1.165, 1.54) is 0 Å². The lowest BCUT2D eigenvalue weighted by molar-refractivity contribution is 0.0779. The van der Waals surface area contributed by atoms with Crippen molar-refractivity contribution in [2.75, 3.05) is 13.8 Å². The lowest BCUT2D eigenvalue weighted by Gasteiger charge is -2.14. The van der Waals surface area contributed by atoms with Crippen molar-refractivity contribution in [2.45, 2.75) is 13.2 Å². The van der Waals surface area contributed by atoms with Crippen LogP contribution in [0.1, 0.15) is 21.7 Å². The number of hydrogen-bond acceptors (Lipinski definition) is 6. The molecule has 2 aromatic heterocycles. The van der Waals surface area contributed by atoms with Crippen LogP contribution in [0.3, 0.4) is 0 Å². The van der Waals surface area contributed by atoms with Gasteiger partial charge < -0.3 is 19.1 Å². The maximum atomic E-state index is 12.5. The molecule has 0 unspecified atom stereocenters. The highest BCUT2D eigenvalue weighted by molar-refractivity contribution is 5.92. The molecule has 9 nitrogen and oxygen atoms in total. The van der Waals surface area contributed by atoms with Crippen LogP contribution in [0.2, 0.25) is 0 Å². The number of carbonyl (C=O) groups excluding carboxylic acids is 1. The first-order valence-corrected chi connectivity index (χ1v) is 8.38. The zero-order valence-electron chi connectivity index (χ0n) is 15.0. The van der Waals surface area contributed by atoms with E-state index in [0.717, 1.165) is 5.56 Å². The molecule has 140 valence electrons. The predicted octanol–water partition coefficient (Wildman–Crippen LogP) is 1.72. The first-order valence-electron chi connectivity index (χ1n) is 8.38. The Hall–Kier alpha value is -3.49. The van der Waals surface area contributed by atoms with E-state index in [-0.39, 0.29) is 19.3 Å². The minimum atomic E-state index is -0.176. The fraction of sp³-hybridized carbons (Fsp3) is 0.278. The zero-order chi connectivity index (χ0) is 18.8. The molecule has 0 radical (unpaired) electrons. The highest BCUT2D eigenvalue weighted by Crippen LogP contribution is 2.35. The normalized spacial score (nSPS) is 12.2. The summed E-state index contributed by atoms with van der Waals surface area (Å²) < 4.78 is 18.0. The zero-order valence-corrected chi connectivity index (χ0v) is 15.0. The Balaban J connectivity index is 1.35. The standard InChI is InChI=1S/C18H19N5O4/c1-22(8-12-7-19-23(2)9-12)18(24)15-5-13(20-21-15)10-25-14-3-4-16-17(6-14)27-11-26-16/h3-7,9H,8,10-11H2,1-2H3,(H,20,21). The Kier molecular flexibility index (Phi) is 4.41. The van der Waals surface area contributed by atoms with Crippen LogP contribution in [0.25, 0.3) is 0 Å². The van der Waals surface area contributed by atoms with Crippen molar-refractivity contribution in [2.24, 2.45) is 7.05 Å². The summed E-state index contributed by atoms with van der Waals surface area (Å²) in [5.41, 5.74) is 1.99. The second-order valence-corrected chi connectivity index (χ2v) is 6.27. The van der Waals surface area contributed by atoms with Crippen molar-refractivity contribution in [3.8, 4) is 17.2 Å². The smallest absolute Gasteiger partial charge is 0.274 e. The Morgan fingerprint density at radius 1 is 1.33 bits per heavy atom. The minimum absolute atomic E-state index is 0.176. The Bertz CT molecular complexity index is 964. The molecule has 1 amide bonds. The van der Waals surface area contributed by atoms with E-state index in [4.69, 9.17) is 14.2 Å². The molecule has 4 rings (SSSR count). The van der Waals surface area contributed by atoms with Crippen molar-refractivity contribution >= 4 is 5.91 Å². The van der Waals surface area contributed by atoms with E-state index in [1.807, 2.05) is 13.2 Å². The number of amides is 1. The number of carbonyl (C=O) groups is 1. The lowest BCUT2D eigenvalue weighted by atomic mass is 10.3. The molecule has 0 spiro atoms. The summed E-state index contributed by atoms with van der Waals surface area (Å²) in [6.07, 6.45) is 3.61. The van der Waals surface area contributed by atoms with Crippen molar-refractivity contribution in [1.29, 1.82) is 0 Å². The van der Waals surface area contributed by atoms with Crippen LogP contribution in [-0.2, 0) is 20.2 Å². The Morgan fingerprint density at radius 2 is 2.19 bits per heavy atom. The molecule has 0 fully saturated rings. The van der Waals surface area contributed by atoms with Gasteiger partial charge in [0.1, 0.15) is 12.4 Å². The number of nitrogens with one attached hydrogen (secondary N) is 1. The van der Waals surface area contributed by atoms with Gasteiger partial charge in [-0.1, -0.05) is 0 Å². The van der Waals surface area contributed by atoms with Gasteiger partial charge >= 0.3 is 0 Å². The lowest BCUT2D eigenvalue weighted by Crippen LogP contribution is -2.26. The molecule has 3 heterocycles. The Morgan fingerprint density at radius 3 is 3.00 bits per heavy atom. The van der Waals surface area contributed by atoms with Gasteiger partial charge in [-0.15, -0.1) is 0 Å². The average Bonchev–Trinajstić information content (AvgIpc) is 3.39. The number of ether oxygens (including phenoxy) is 3. The number of H-pyrrole nitrogens is 1. The molecule has 0 bridgehead atoms. The number of rotatable bonds is 6. The average molecular weight is 369 g/mol. The number of nitrogens with zero attached hydrogens (tertiary/aromatic N) is 4. The topological polar surface area (TPSA) is 94.5 Å². The van der Waals surface area contributed by atoms with Gasteiger partial charge in [0.05, 0.1) is 11.9 Å². The number of aryl methyl sites for hydroxylation is 1. The molecule has 27 heavy (non-hydrogen) atoms. The molecular weight excluding hydrogens is 350 g/mol. The third-order valence-corrected chi connectivity index (χ3v) is 4.11. The summed E-state index contributed by atoms with van der Waals surface area (Å²) in [6.45, 7) is 0.937. The van der Waals surface area contributed by atoms with Crippen LogP contribution in [0, 0.1) is 0 Å². The predicted molar refractivity (Wildman–Crippen MR) is 94.5 cm³/mol. The third-order valence-electron chi connectivity index (χ3n) is 4.11.